The molecule has 2 fully saturated rings. The first-order chi connectivity index (χ1) is 12.3. The van der Waals surface area contributed by atoms with Crippen molar-refractivity contribution in [3.8, 4) is 11.5 Å². The number of piperidine rings is 1. The van der Waals surface area contributed by atoms with Gasteiger partial charge in [-0.2, -0.15) is 0 Å². The first-order valence-electron chi connectivity index (χ1n) is 9.82. The van der Waals surface area contributed by atoms with Gasteiger partial charge in [-0.25, -0.2) is 0 Å². The van der Waals surface area contributed by atoms with Crippen molar-refractivity contribution < 1.29 is 14.6 Å². The fourth-order valence-electron chi connectivity index (χ4n) is 4.43. The number of aliphatic hydroxyl groups excluding tert-OH is 1. The summed E-state index contributed by atoms with van der Waals surface area (Å²) in [6.07, 6.45) is 6.06. The number of aliphatic hydroxyl groups is 1. The van der Waals surface area contributed by atoms with E-state index in [1.54, 1.807) is 0 Å². The minimum absolute atomic E-state index is 0.246. The lowest BCUT2D eigenvalue weighted by molar-refractivity contribution is -0.0144. The molecule has 3 aliphatic rings. The highest BCUT2D eigenvalue weighted by atomic mass is 16.6. The van der Waals surface area contributed by atoms with Gasteiger partial charge < -0.3 is 14.6 Å². The van der Waals surface area contributed by atoms with Crippen molar-refractivity contribution in [2.24, 2.45) is 0 Å². The Hall–Kier alpha value is -1.30. The van der Waals surface area contributed by atoms with E-state index < -0.39 is 0 Å². The first kappa shape index (κ1) is 17.1. The molecule has 0 aromatic heterocycles. The Kier molecular flexibility index (Phi) is 5.44. The van der Waals surface area contributed by atoms with Crippen molar-refractivity contribution >= 4 is 0 Å². The van der Waals surface area contributed by atoms with E-state index in [9.17, 15) is 5.11 Å². The lowest BCUT2D eigenvalue weighted by Gasteiger charge is -2.41. The Morgan fingerprint density at radius 3 is 2.48 bits per heavy atom. The molecule has 4 rings (SSSR count). The molecule has 0 spiro atoms. The Balaban J connectivity index is 1.34. The number of hydrogen-bond donors (Lipinski definition) is 1. The number of benzene rings is 1. The van der Waals surface area contributed by atoms with Crippen LogP contribution < -0.4 is 9.47 Å². The summed E-state index contributed by atoms with van der Waals surface area (Å²) in [4.78, 5) is 4.91. The molecule has 0 amide bonds. The predicted molar refractivity (Wildman–Crippen MR) is 97.2 cm³/mol. The van der Waals surface area contributed by atoms with E-state index in [-0.39, 0.29) is 6.10 Å². The van der Waals surface area contributed by atoms with Crippen LogP contribution in [0.25, 0.3) is 0 Å². The minimum Gasteiger partial charge on any atom is -0.486 e. The van der Waals surface area contributed by atoms with E-state index in [4.69, 9.17) is 9.47 Å². The van der Waals surface area contributed by atoms with Gasteiger partial charge in [-0.3, -0.25) is 9.80 Å². The number of β-amino-alcohol motifs (C(OH)–C–C–N with tert-alkyl or cyclic N) is 1. The second-order valence-corrected chi connectivity index (χ2v) is 7.59. The van der Waals surface area contributed by atoms with Crippen molar-refractivity contribution in [1.82, 2.24) is 9.80 Å². The van der Waals surface area contributed by atoms with Gasteiger partial charge in [0.2, 0.25) is 0 Å². The minimum atomic E-state index is -0.246. The molecule has 0 saturated carbocycles. The molecule has 3 heterocycles. The van der Waals surface area contributed by atoms with Crippen LogP contribution in [0.4, 0.5) is 0 Å². The third kappa shape index (κ3) is 4.10. The fraction of sp³-hybridized carbons (Fsp3) is 0.700. The number of likely N-dealkylation sites (tertiary alicyclic amines) is 2. The van der Waals surface area contributed by atoms with Crippen molar-refractivity contribution in [3.05, 3.63) is 23.8 Å². The van der Waals surface area contributed by atoms with E-state index in [0.717, 1.165) is 50.6 Å². The summed E-state index contributed by atoms with van der Waals surface area (Å²) in [6, 6.07) is 6.54. The smallest absolute Gasteiger partial charge is 0.161 e. The lowest BCUT2D eigenvalue weighted by atomic mass is 9.99. The van der Waals surface area contributed by atoms with Crippen LogP contribution in [-0.2, 0) is 6.54 Å². The molecule has 0 aliphatic carbocycles. The highest BCUT2D eigenvalue weighted by Crippen LogP contribution is 2.31. The largest absolute Gasteiger partial charge is 0.486 e. The fourth-order valence-corrected chi connectivity index (χ4v) is 4.43. The van der Waals surface area contributed by atoms with Gasteiger partial charge in [0.25, 0.3) is 0 Å². The van der Waals surface area contributed by atoms with Crippen LogP contribution in [0.2, 0.25) is 0 Å². The van der Waals surface area contributed by atoms with Crippen LogP contribution in [0.5, 0.6) is 11.5 Å². The molecule has 138 valence electrons. The van der Waals surface area contributed by atoms with Gasteiger partial charge in [-0.05, 0) is 50.0 Å². The summed E-state index contributed by atoms with van der Waals surface area (Å²) in [5, 5.41) is 10.7. The summed E-state index contributed by atoms with van der Waals surface area (Å²) >= 11 is 0. The van der Waals surface area contributed by atoms with Gasteiger partial charge in [0.15, 0.2) is 11.5 Å². The number of rotatable bonds is 3. The molecule has 0 unspecified atom stereocenters. The normalized spacial score (nSPS) is 28.5. The summed E-state index contributed by atoms with van der Waals surface area (Å²) in [6.45, 7) is 6.23. The van der Waals surface area contributed by atoms with Crippen molar-refractivity contribution in [3.63, 3.8) is 0 Å². The van der Waals surface area contributed by atoms with Crippen molar-refractivity contribution in [2.75, 3.05) is 39.4 Å². The lowest BCUT2D eigenvalue weighted by Crippen LogP contribution is -2.54. The summed E-state index contributed by atoms with van der Waals surface area (Å²) in [5.74, 6) is 1.69. The first-order valence-corrected chi connectivity index (χ1v) is 9.82. The number of fused-ring (bicyclic) bond motifs is 1. The van der Waals surface area contributed by atoms with E-state index in [0.29, 0.717) is 19.3 Å². The van der Waals surface area contributed by atoms with E-state index >= 15 is 0 Å². The Morgan fingerprint density at radius 2 is 1.72 bits per heavy atom. The topological polar surface area (TPSA) is 45.2 Å². The number of hydrogen-bond acceptors (Lipinski definition) is 5. The molecule has 3 aliphatic heterocycles. The average molecular weight is 346 g/mol. The molecular formula is C20H30N2O3. The van der Waals surface area contributed by atoms with Crippen LogP contribution in [0.3, 0.4) is 0 Å². The second-order valence-electron chi connectivity index (χ2n) is 7.59. The SMILES string of the molecule is O[C@@H]1CN(Cc2ccc3c(c2)OCCO3)CC[C@H]1N1CCCCCC1. The predicted octanol–water partition coefficient (Wildman–Crippen LogP) is 2.27. The van der Waals surface area contributed by atoms with E-state index in [2.05, 4.69) is 21.9 Å². The molecule has 2 atom stereocenters. The van der Waals surface area contributed by atoms with Crippen LogP contribution >= 0.6 is 0 Å². The third-order valence-electron chi connectivity index (χ3n) is 5.75. The zero-order chi connectivity index (χ0) is 17.1. The molecule has 25 heavy (non-hydrogen) atoms. The van der Waals surface area contributed by atoms with Crippen molar-refractivity contribution in [2.45, 2.75) is 50.8 Å². The van der Waals surface area contributed by atoms with E-state index in [1.165, 1.54) is 31.2 Å². The van der Waals surface area contributed by atoms with Gasteiger partial charge >= 0.3 is 0 Å². The molecule has 0 radical (unpaired) electrons. The van der Waals surface area contributed by atoms with Gasteiger partial charge in [0.05, 0.1) is 6.10 Å². The maximum Gasteiger partial charge on any atom is 0.161 e. The van der Waals surface area contributed by atoms with E-state index in [1.807, 2.05) is 6.07 Å². The third-order valence-corrected chi connectivity index (χ3v) is 5.75. The van der Waals surface area contributed by atoms with Crippen LogP contribution in [0.15, 0.2) is 18.2 Å². The summed E-state index contributed by atoms with van der Waals surface area (Å²) in [7, 11) is 0. The highest BCUT2D eigenvalue weighted by Gasteiger charge is 2.32. The average Bonchev–Trinajstić information content (AvgIpc) is 2.91. The zero-order valence-electron chi connectivity index (χ0n) is 15.0. The molecule has 1 N–H and O–H groups in total. The number of nitrogens with zero attached hydrogens (tertiary/aromatic N) is 2. The molecule has 0 bridgehead atoms. The van der Waals surface area contributed by atoms with Gasteiger partial charge in [0.1, 0.15) is 13.2 Å². The molecule has 1 aromatic carbocycles. The maximum absolute atomic E-state index is 10.7. The van der Waals surface area contributed by atoms with Gasteiger partial charge in [0, 0.05) is 25.7 Å². The molecule has 1 aromatic rings. The Morgan fingerprint density at radius 1 is 0.960 bits per heavy atom. The quantitative estimate of drug-likeness (QED) is 0.910. The Bertz CT molecular complexity index is 572. The summed E-state index contributed by atoms with van der Waals surface area (Å²) < 4.78 is 11.3. The molecular weight excluding hydrogens is 316 g/mol. The van der Waals surface area contributed by atoms with Gasteiger partial charge in [-0.15, -0.1) is 0 Å². The van der Waals surface area contributed by atoms with Crippen LogP contribution in [0.1, 0.15) is 37.7 Å². The second kappa shape index (κ2) is 7.94. The van der Waals surface area contributed by atoms with Gasteiger partial charge in [-0.1, -0.05) is 18.9 Å². The molecule has 5 heteroatoms. The zero-order valence-corrected chi connectivity index (χ0v) is 15.0. The van der Waals surface area contributed by atoms with Crippen LogP contribution in [-0.4, -0.2) is 66.4 Å². The monoisotopic (exact) mass is 346 g/mol. The molecule has 2 saturated heterocycles. The molecule has 5 nitrogen and oxygen atoms in total. The van der Waals surface area contributed by atoms with Crippen molar-refractivity contribution in [1.29, 1.82) is 0 Å². The number of ether oxygens (including phenoxy) is 2. The maximum atomic E-state index is 10.7. The highest BCUT2D eigenvalue weighted by molar-refractivity contribution is 5.43. The van der Waals surface area contributed by atoms with Crippen LogP contribution in [0, 0.1) is 0 Å². The summed E-state index contributed by atoms with van der Waals surface area (Å²) in [5.41, 5.74) is 1.23. The Labute approximate surface area is 150 Å². The standard InChI is InChI=1S/C20H30N2O3/c23-18-15-21(10-7-17(18)22-8-3-1-2-4-9-22)14-16-5-6-19-20(13-16)25-12-11-24-19/h5-6,13,17-18,23H,1-4,7-12,14-15H2/t17-,18-/m1/s1.